The Labute approximate surface area is 128 Å². The Balaban J connectivity index is 1.87. The van der Waals surface area contributed by atoms with Gasteiger partial charge in [-0.2, -0.15) is 0 Å². The molecule has 2 rings (SSSR count). The van der Waals surface area contributed by atoms with Crippen molar-refractivity contribution in [3.8, 4) is 0 Å². The Morgan fingerprint density at radius 1 is 1.24 bits per heavy atom. The first-order valence-corrected chi connectivity index (χ1v) is 8.03. The van der Waals surface area contributed by atoms with Crippen LogP contribution in [0.1, 0.15) is 24.5 Å². The van der Waals surface area contributed by atoms with Crippen molar-refractivity contribution in [2.45, 2.75) is 19.4 Å². The zero-order chi connectivity index (χ0) is 15.2. The molecule has 120 valence electrons. The van der Waals surface area contributed by atoms with Gasteiger partial charge in [0.1, 0.15) is 11.5 Å². The summed E-state index contributed by atoms with van der Waals surface area (Å²) in [5.41, 5.74) is 6.00. The fraction of sp³-hybridized carbons (Fsp3) is 0.750. The van der Waals surface area contributed by atoms with Gasteiger partial charge < -0.3 is 15.1 Å². The van der Waals surface area contributed by atoms with Crippen molar-refractivity contribution in [2.75, 3.05) is 59.9 Å². The Morgan fingerprint density at radius 2 is 1.95 bits per heavy atom. The van der Waals surface area contributed by atoms with E-state index >= 15 is 0 Å². The lowest BCUT2D eigenvalue weighted by molar-refractivity contribution is 0.0852. The van der Waals surface area contributed by atoms with E-state index in [1.807, 2.05) is 0 Å². The van der Waals surface area contributed by atoms with E-state index in [0.717, 1.165) is 57.2 Å². The van der Waals surface area contributed by atoms with Crippen LogP contribution >= 0.6 is 0 Å². The molecule has 5 heteroatoms. The molecule has 1 aliphatic heterocycles. The maximum atomic E-state index is 6.00. The monoisotopic (exact) mass is 294 g/mol. The highest BCUT2D eigenvalue weighted by atomic mass is 16.3. The van der Waals surface area contributed by atoms with Crippen molar-refractivity contribution in [3.05, 3.63) is 23.7 Å². The summed E-state index contributed by atoms with van der Waals surface area (Å²) in [5.74, 6) is 2.07. The molecule has 0 saturated carbocycles. The van der Waals surface area contributed by atoms with Crippen LogP contribution in [0.4, 0.5) is 0 Å². The highest BCUT2D eigenvalue weighted by molar-refractivity contribution is 5.11. The van der Waals surface area contributed by atoms with Gasteiger partial charge in [0, 0.05) is 52.2 Å². The van der Waals surface area contributed by atoms with Crippen molar-refractivity contribution in [3.63, 3.8) is 0 Å². The second kappa shape index (κ2) is 7.94. The summed E-state index contributed by atoms with van der Waals surface area (Å²) < 4.78 is 5.90. The minimum Gasteiger partial charge on any atom is -0.464 e. The summed E-state index contributed by atoms with van der Waals surface area (Å²) >= 11 is 0. The number of nitrogens with zero attached hydrogens (tertiary/aromatic N) is 3. The maximum absolute atomic E-state index is 6.00. The van der Waals surface area contributed by atoms with Gasteiger partial charge in [0.15, 0.2) is 0 Å². The summed E-state index contributed by atoms with van der Waals surface area (Å²) in [7, 11) is 4.26. The van der Waals surface area contributed by atoms with Crippen LogP contribution in [0.2, 0.25) is 0 Å². The number of piperazine rings is 1. The molecular formula is C16H30N4O. The summed E-state index contributed by atoms with van der Waals surface area (Å²) in [5, 5.41) is 0. The molecule has 2 heterocycles. The lowest BCUT2D eigenvalue weighted by Crippen LogP contribution is -2.50. The number of nitrogens with two attached hydrogens (primary N) is 1. The predicted molar refractivity (Wildman–Crippen MR) is 86.4 cm³/mol. The van der Waals surface area contributed by atoms with E-state index in [9.17, 15) is 0 Å². The first-order chi connectivity index (χ1) is 10.1. The van der Waals surface area contributed by atoms with Crippen LogP contribution in [0, 0.1) is 0 Å². The lowest BCUT2D eigenvalue weighted by atomic mass is 10.1. The van der Waals surface area contributed by atoms with Gasteiger partial charge in [-0.3, -0.25) is 9.80 Å². The van der Waals surface area contributed by atoms with Gasteiger partial charge >= 0.3 is 0 Å². The summed E-state index contributed by atoms with van der Waals surface area (Å²) in [6, 6.07) is 4.39. The van der Waals surface area contributed by atoms with E-state index < -0.39 is 0 Å². The van der Waals surface area contributed by atoms with E-state index in [4.69, 9.17) is 10.2 Å². The molecule has 1 saturated heterocycles. The molecule has 1 atom stereocenters. The number of furan rings is 1. The van der Waals surface area contributed by atoms with Gasteiger partial charge in [-0.25, -0.2) is 0 Å². The molecule has 2 N–H and O–H groups in total. The largest absolute Gasteiger partial charge is 0.464 e. The standard InChI is InChI=1S/C16H30N4O/c1-4-14-5-6-16(21-14)15(13-17)20-11-9-19(10-12-20)8-7-18(2)3/h5-6,15H,4,7-13,17H2,1-3H3. The highest BCUT2D eigenvalue weighted by Crippen LogP contribution is 2.23. The molecule has 5 nitrogen and oxygen atoms in total. The molecule has 1 aromatic heterocycles. The quantitative estimate of drug-likeness (QED) is 0.814. The third-order valence-corrected chi connectivity index (χ3v) is 4.29. The Hall–Kier alpha value is -0.880. The van der Waals surface area contributed by atoms with E-state index in [0.29, 0.717) is 6.54 Å². The molecule has 0 amide bonds. The summed E-state index contributed by atoms with van der Waals surface area (Å²) in [6.07, 6.45) is 0.940. The molecule has 0 spiro atoms. The molecule has 0 radical (unpaired) electrons. The summed E-state index contributed by atoms with van der Waals surface area (Å²) in [6.45, 7) is 9.37. The van der Waals surface area contributed by atoms with Crippen molar-refractivity contribution in [2.24, 2.45) is 5.73 Å². The number of likely N-dealkylation sites (N-methyl/N-ethyl adjacent to an activating group) is 1. The average Bonchev–Trinajstić information content (AvgIpc) is 2.96. The van der Waals surface area contributed by atoms with E-state index in [1.165, 1.54) is 0 Å². The minimum atomic E-state index is 0.223. The predicted octanol–water partition coefficient (Wildman–Crippen LogP) is 1.02. The van der Waals surface area contributed by atoms with E-state index in [-0.39, 0.29) is 6.04 Å². The number of hydrogen-bond donors (Lipinski definition) is 1. The first kappa shape index (κ1) is 16.5. The molecule has 21 heavy (non-hydrogen) atoms. The number of aryl methyl sites for hydroxylation is 1. The fourth-order valence-electron chi connectivity index (χ4n) is 2.85. The topological polar surface area (TPSA) is 48.9 Å². The zero-order valence-corrected chi connectivity index (χ0v) is 13.7. The van der Waals surface area contributed by atoms with E-state index in [1.54, 1.807) is 0 Å². The Bertz CT molecular complexity index is 410. The van der Waals surface area contributed by atoms with Crippen LogP contribution in [0.3, 0.4) is 0 Å². The van der Waals surface area contributed by atoms with Gasteiger partial charge in [-0.15, -0.1) is 0 Å². The smallest absolute Gasteiger partial charge is 0.122 e. The van der Waals surface area contributed by atoms with Gasteiger partial charge in [-0.1, -0.05) is 6.92 Å². The van der Waals surface area contributed by atoms with Crippen molar-refractivity contribution in [1.29, 1.82) is 0 Å². The molecular weight excluding hydrogens is 264 g/mol. The zero-order valence-electron chi connectivity index (χ0n) is 13.7. The molecule has 0 bridgehead atoms. The van der Waals surface area contributed by atoms with Crippen molar-refractivity contribution < 1.29 is 4.42 Å². The molecule has 0 aliphatic carbocycles. The molecule has 1 unspecified atom stereocenters. The fourth-order valence-corrected chi connectivity index (χ4v) is 2.85. The molecule has 1 fully saturated rings. The number of rotatable bonds is 7. The van der Waals surface area contributed by atoms with Gasteiger partial charge in [-0.05, 0) is 26.2 Å². The maximum Gasteiger partial charge on any atom is 0.122 e. The van der Waals surface area contributed by atoms with Gasteiger partial charge in [0.2, 0.25) is 0 Å². The second-order valence-corrected chi connectivity index (χ2v) is 6.09. The van der Waals surface area contributed by atoms with Crippen LogP contribution in [0.25, 0.3) is 0 Å². The van der Waals surface area contributed by atoms with Crippen LogP contribution in [-0.4, -0.2) is 74.6 Å². The second-order valence-electron chi connectivity index (χ2n) is 6.09. The lowest BCUT2D eigenvalue weighted by Gasteiger charge is -2.38. The molecule has 1 aromatic rings. The van der Waals surface area contributed by atoms with Gasteiger partial charge in [0.05, 0.1) is 6.04 Å². The first-order valence-electron chi connectivity index (χ1n) is 8.03. The highest BCUT2D eigenvalue weighted by Gasteiger charge is 2.26. The third-order valence-electron chi connectivity index (χ3n) is 4.29. The third kappa shape index (κ3) is 4.54. The van der Waals surface area contributed by atoms with Gasteiger partial charge in [0.25, 0.3) is 0 Å². The molecule has 0 aromatic carbocycles. The minimum absolute atomic E-state index is 0.223. The van der Waals surface area contributed by atoms with E-state index in [2.05, 4.69) is 47.9 Å². The SMILES string of the molecule is CCc1ccc(C(CN)N2CCN(CCN(C)C)CC2)o1. The normalized spacial score (nSPS) is 19.3. The summed E-state index contributed by atoms with van der Waals surface area (Å²) in [4.78, 5) is 7.23. The van der Waals surface area contributed by atoms with Crippen LogP contribution in [-0.2, 0) is 6.42 Å². The van der Waals surface area contributed by atoms with Crippen LogP contribution < -0.4 is 5.73 Å². The van der Waals surface area contributed by atoms with Crippen molar-refractivity contribution >= 4 is 0 Å². The number of hydrogen-bond acceptors (Lipinski definition) is 5. The molecule has 1 aliphatic rings. The Morgan fingerprint density at radius 3 is 2.48 bits per heavy atom. The van der Waals surface area contributed by atoms with Crippen LogP contribution in [0.5, 0.6) is 0 Å². The van der Waals surface area contributed by atoms with Crippen molar-refractivity contribution in [1.82, 2.24) is 14.7 Å². The Kier molecular flexibility index (Phi) is 6.23. The average molecular weight is 294 g/mol. The van der Waals surface area contributed by atoms with Crippen LogP contribution in [0.15, 0.2) is 16.5 Å².